The maximum atomic E-state index is 12.3. The summed E-state index contributed by atoms with van der Waals surface area (Å²) in [6.45, 7) is 1.76. The standard InChI is InChI=1S/C13H12BrN3O2S2/c1-8-6-10(3-4-11(8)13(15)20)21(18,19)17-12-5-2-9(14)7-16-12/h2-7H,1H3,(H2,15,20)(H,16,17). The molecule has 0 aliphatic heterocycles. The van der Waals surface area contributed by atoms with Crippen molar-refractivity contribution in [2.75, 3.05) is 4.72 Å². The molecule has 2 rings (SSSR count). The number of aromatic nitrogens is 1. The first-order chi connectivity index (χ1) is 9.79. The molecule has 0 saturated carbocycles. The van der Waals surface area contributed by atoms with E-state index in [0.29, 0.717) is 11.1 Å². The molecule has 1 heterocycles. The van der Waals surface area contributed by atoms with Crippen LogP contribution in [0.3, 0.4) is 0 Å². The van der Waals surface area contributed by atoms with Crippen molar-refractivity contribution in [3.8, 4) is 0 Å². The highest BCUT2D eigenvalue weighted by Crippen LogP contribution is 2.19. The Morgan fingerprint density at radius 1 is 1.33 bits per heavy atom. The largest absolute Gasteiger partial charge is 0.389 e. The molecule has 5 nitrogen and oxygen atoms in total. The molecule has 2 aromatic rings. The van der Waals surface area contributed by atoms with Crippen LogP contribution in [0.4, 0.5) is 5.82 Å². The summed E-state index contributed by atoms with van der Waals surface area (Å²) in [5.41, 5.74) is 6.92. The van der Waals surface area contributed by atoms with E-state index in [1.54, 1.807) is 25.1 Å². The predicted molar refractivity (Wildman–Crippen MR) is 89.8 cm³/mol. The first-order valence-electron chi connectivity index (χ1n) is 5.84. The summed E-state index contributed by atoms with van der Waals surface area (Å²) < 4.78 is 27.8. The van der Waals surface area contributed by atoms with Crippen molar-refractivity contribution in [3.05, 3.63) is 52.1 Å². The van der Waals surface area contributed by atoms with Gasteiger partial charge in [-0.1, -0.05) is 18.3 Å². The third-order valence-electron chi connectivity index (χ3n) is 2.74. The number of benzene rings is 1. The maximum absolute atomic E-state index is 12.3. The molecule has 0 aliphatic rings. The van der Waals surface area contributed by atoms with Crippen LogP contribution in [-0.4, -0.2) is 18.4 Å². The van der Waals surface area contributed by atoms with Crippen molar-refractivity contribution in [1.29, 1.82) is 0 Å². The number of sulfonamides is 1. The molecule has 0 fully saturated rings. The molecule has 0 aliphatic carbocycles. The summed E-state index contributed by atoms with van der Waals surface area (Å²) in [6.07, 6.45) is 1.51. The molecule has 0 spiro atoms. The quantitative estimate of drug-likeness (QED) is 0.789. The van der Waals surface area contributed by atoms with Gasteiger partial charge >= 0.3 is 0 Å². The van der Waals surface area contributed by atoms with Crippen LogP contribution in [0.2, 0.25) is 0 Å². The van der Waals surface area contributed by atoms with Crippen molar-refractivity contribution in [2.45, 2.75) is 11.8 Å². The Morgan fingerprint density at radius 3 is 2.57 bits per heavy atom. The minimum atomic E-state index is -3.70. The molecular formula is C13H12BrN3O2S2. The molecule has 0 saturated heterocycles. The normalized spacial score (nSPS) is 11.1. The molecule has 0 atom stereocenters. The third kappa shape index (κ3) is 3.78. The van der Waals surface area contributed by atoms with Crippen LogP contribution in [-0.2, 0) is 10.0 Å². The first-order valence-corrected chi connectivity index (χ1v) is 8.53. The highest BCUT2D eigenvalue weighted by Gasteiger charge is 2.16. The first kappa shape index (κ1) is 15.9. The van der Waals surface area contributed by atoms with E-state index < -0.39 is 10.0 Å². The highest BCUT2D eigenvalue weighted by molar-refractivity contribution is 9.10. The number of anilines is 1. The van der Waals surface area contributed by atoms with E-state index >= 15 is 0 Å². The molecule has 0 bridgehead atoms. The van der Waals surface area contributed by atoms with E-state index in [-0.39, 0.29) is 15.7 Å². The number of nitrogens with zero attached hydrogens (tertiary/aromatic N) is 1. The van der Waals surface area contributed by atoms with Gasteiger partial charge in [0, 0.05) is 16.2 Å². The highest BCUT2D eigenvalue weighted by atomic mass is 79.9. The van der Waals surface area contributed by atoms with Gasteiger partial charge in [-0.15, -0.1) is 0 Å². The summed E-state index contributed by atoms with van der Waals surface area (Å²) in [6, 6.07) is 7.85. The average Bonchev–Trinajstić information content (AvgIpc) is 2.40. The Morgan fingerprint density at radius 2 is 2.05 bits per heavy atom. The van der Waals surface area contributed by atoms with Gasteiger partial charge in [-0.25, -0.2) is 13.4 Å². The zero-order valence-corrected chi connectivity index (χ0v) is 14.2. The number of pyridine rings is 1. The number of rotatable bonds is 4. The van der Waals surface area contributed by atoms with E-state index in [4.69, 9.17) is 18.0 Å². The van der Waals surface area contributed by atoms with E-state index in [1.165, 1.54) is 18.3 Å². The minimum absolute atomic E-state index is 0.129. The monoisotopic (exact) mass is 385 g/mol. The molecule has 1 aromatic heterocycles. The zero-order valence-electron chi connectivity index (χ0n) is 11.0. The van der Waals surface area contributed by atoms with Crippen LogP contribution in [0.25, 0.3) is 0 Å². The van der Waals surface area contributed by atoms with Crippen molar-refractivity contribution in [2.24, 2.45) is 5.73 Å². The Kier molecular flexibility index (Phi) is 4.60. The van der Waals surface area contributed by atoms with Gasteiger partial charge in [0.05, 0.1) is 4.90 Å². The number of thiocarbonyl (C=S) groups is 1. The number of nitrogens with two attached hydrogens (primary N) is 1. The molecule has 8 heteroatoms. The Hall–Kier alpha value is -1.51. The van der Waals surface area contributed by atoms with Gasteiger partial charge < -0.3 is 5.73 Å². The van der Waals surface area contributed by atoms with Crippen molar-refractivity contribution in [1.82, 2.24) is 4.98 Å². The van der Waals surface area contributed by atoms with Crippen LogP contribution >= 0.6 is 28.1 Å². The van der Waals surface area contributed by atoms with E-state index in [0.717, 1.165) is 4.47 Å². The van der Waals surface area contributed by atoms with Gasteiger partial charge in [-0.2, -0.15) is 0 Å². The number of nitrogens with one attached hydrogen (secondary N) is 1. The van der Waals surface area contributed by atoms with Gasteiger partial charge in [-0.3, -0.25) is 4.72 Å². The second kappa shape index (κ2) is 6.08. The van der Waals surface area contributed by atoms with Crippen LogP contribution in [0.15, 0.2) is 45.9 Å². The summed E-state index contributed by atoms with van der Waals surface area (Å²) in [5.74, 6) is 0.245. The molecule has 110 valence electrons. The molecule has 0 unspecified atom stereocenters. The topological polar surface area (TPSA) is 85.1 Å². The predicted octanol–water partition coefficient (Wildman–Crippen LogP) is 2.59. The summed E-state index contributed by atoms with van der Waals surface area (Å²) in [4.78, 5) is 4.34. The number of aryl methyl sites for hydroxylation is 1. The lowest BCUT2D eigenvalue weighted by Gasteiger charge is -2.10. The fourth-order valence-electron chi connectivity index (χ4n) is 1.71. The van der Waals surface area contributed by atoms with Crippen molar-refractivity contribution >= 4 is 49.0 Å². The fraction of sp³-hybridized carbons (Fsp3) is 0.0769. The Labute approximate surface area is 136 Å². The SMILES string of the molecule is Cc1cc(S(=O)(=O)Nc2ccc(Br)cn2)ccc1C(N)=S. The molecule has 0 radical (unpaired) electrons. The van der Waals surface area contributed by atoms with Gasteiger partial charge in [0.25, 0.3) is 10.0 Å². The van der Waals surface area contributed by atoms with E-state index in [2.05, 4.69) is 25.6 Å². The maximum Gasteiger partial charge on any atom is 0.263 e. The summed E-state index contributed by atoms with van der Waals surface area (Å²) >= 11 is 8.14. The van der Waals surface area contributed by atoms with Gasteiger partial charge in [0.2, 0.25) is 0 Å². The molecular weight excluding hydrogens is 374 g/mol. The molecule has 21 heavy (non-hydrogen) atoms. The van der Waals surface area contributed by atoms with Gasteiger partial charge in [0.15, 0.2) is 0 Å². The van der Waals surface area contributed by atoms with Crippen molar-refractivity contribution < 1.29 is 8.42 Å². The van der Waals surface area contributed by atoms with Crippen LogP contribution < -0.4 is 10.5 Å². The van der Waals surface area contributed by atoms with Crippen LogP contribution in [0, 0.1) is 6.92 Å². The van der Waals surface area contributed by atoms with E-state index in [1.807, 2.05) is 0 Å². The lowest BCUT2D eigenvalue weighted by molar-refractivity contribution is 0.601. The average molecular weight is 386 g/mol. The second-order valence-electron chi connectivity index (χ2n) is 4.31. The Balaban J connectivity index is 2.33. The lowest BCUT2D eigenvalue weighted by atomic mass is 10.1. The van der Waals surface area contributed by atoms with E-state index in [9.17, 15) is 8.42 Å². The van der Waals surface area contributed by atoms with Gasteiger partial charge in [0.1, 0.15) is 10.8 Å². The van der Waals surface area contributed by atoms with Crippen LogP contribution in [0.1, 0.15) is 11.1 Å². The fourth-order valence-corrected chi connectivity index (χ4v) is 3.27. The lowest BCUT2D eigenvalue weighted by Crippen LogP contribution is -2.16. The number of halogens is 1. The summed E-state index contributed by atoms with van der Waals surface area (Å²) in [5, 5.41) is 0. The summed E-state index contributed by atoms with van der Waals surface area (Å²) in [7, 11) is -3.70. The second-order valence-corrected chi connectivity index (χ2v) is 7.35. The number of hydrogen-bond acceptors (Lipinski definition) is 4. The number of hydrogen-bond donors (Lipinski definition) is 2. The smallest absolute Gasteiger partial charge is 0.263 e. The van der Waals surface area contributed by atoms with Crippen molar-refractivity contribution in [3.63, 3.8) is 0 Å². The minimum Gasteiger partial charge on any atom is -0.389 e. The van der Waals surface area contributed by atoms with Crippen LogP contribution in [0.5, 0.6) is 0 Å². The molecule has 3 N–H and O–H groups in total. The third-order valence-corrected chi connectivity index (χ3v) is 4.78. The zero-order chi connectivity index (χ0) is 15.6. The van der Waals surface area contributed by atoms with Gasteiger partial charge in [-0.05, 0) is 52.7 Å². The Bertz CT molecular complexity index is 790. The molecule has 1 aromatic carbocycles. The molecule has 0 amide bonds.